The van der Waals surface area contributed by atoms with Crippen molar-refractivity contribution in [2.45, 2.75) is 38.5 Å². The van der Waals surface area contributed by atoms with Crippen molar-refractivity contribution in [2.24, 2.45) is 5.73 Å². The minimum atomic E-state index is -0.784. The number of esters is 1. The Kier molecular flexibility index (Phi) is 8.33. The lowest BCUT2D eigenvalue weighted by Gasteiger charge is -2.24. The summed E-state index contributed by atoms with van der Waals surface area (Å²) >= 11 is 0. The molecule has 5 aromatic rings. The molecule has 5 rings (SSSR count). The van der Waals surface area contributed by atoms with Gasteiger partial charge >= 0.3 is 5.97 Å². The summed E-state index contributed by atoms with van der Waals surface area (Å²) in [7, 11) is 0. The van der Waals surface area contributed by atoms with E-state index in [0.717, 1.165) is 34.5 Å². The highest BCUT2D eigenvalue weighted by molar-refractivity contribution is 5.96. The van der Waals surface area contributed by atoms with Crippen LogP contribution in [0.4, 0.5) is 8.78 Å². The first-order valence-corrected chi connectivity index (χ1v) is 13.2. The van der Waals surface area contributed by atoms with Gasteiger partial charge in [-0.2, -0.15) is 5.10 Å². The summed E-state index contributed by atoms with van der Waals surface area (Å²) in [5, 5.41) is 11.4. The molecule has 0 aliphatic rings. The number of aromatic amines is 2. The third-order valence-electron chi connectivity index (χ3n) is 6.87. The maximum atomic E-state index is 13.8. The fraction of sp³-hybridized carbons (Fsp3) is 0.226. The summed E-state index contributed by atoms with van der Waals surface area (Å²) in [5.74, 6) is -2.00. The average molecular weight is 544 g/mol. The van der Waals surface area contributed by atoms with Gasteiger partial charge in [-0.25, -0.2) is 13.6 Å². The van der Waals surface area contributed by atoms with Gasteiger partial charge in [0.05, 0.1) is 5.69 Å². The molecule has 9 heteroatoms. The fourth-order valence-corrected chi connectivity index (χ4v) is 4.78. The number of rotatable bonds is 11. The number of ether oxygens (including phenoxy) is 1. The van der Waals surface area contributed by atoms with Gasteiger partial charge in [0.15, 0.2) is 0 Å². The van der Waals surface area contributed by atoms with Crippen LogP contribution in [-0.2, 0) is 24.1 Å². The monoisotopic (exact) mass is 543 g/mol. The first-order chi connectivity index (χ1) is 19.4. The molecule has 206 valence electrons. The second-order valence-electron chi connectivity index (χ2n) is 9.81. The Morgan fingerprint density at radius 3 is 2.58 bits per heavy atom. The molecule has 2 atom stereocenters. The fourth-order valence-electron chi connectivity index (χ4n) is 4.78. The summed E-state index contributed by atoms with van der Waals surface area (Å²) < 4.78 is 33.4. The highest BCUT2D eigenvalue weighted by atomic mass is 19.1. The number of H-pyrrole nitrogens is 2. The summed E-state index contributed by atoms with van der Waals surface area (Å²) in [6, 6.07) is 20.2. The van der Waals surface area contributed by atoms with Gasteiger partial charge in [0.1, 0.15) is 23.4 Å². The van der Waals surface area contributed by atoms with E-state index < -0.39 is 29.7 Å². The van der Waals surface area contributed by atoms with Gasteiger partial charge in [0, 0.05) is 47.9 Å². The van der Waals surface area contributed by atoms with E-state index >= 15 is 0 Å². The lowest BCUT2D eigenvalue weighted by Crippen LogP contribution is -2.46. The Hall–Kier alpha value is -4.34. The van der Waals surface area contributed by atoms with E-state index in [0.29, 0.717) is 17.8 Å². The minimum absolute atomic E-state index is 0.114. The number of nitrogens with two attached hydrogens (primary N) is 1. The normalized spacial score (nSPS) is 12.9. The van der Waals surface area contributed by atoms with Crippen LogP contribution in [0.1, 0.15) is 34.1 Å². The van der Waals surface area contributed by atoms with E-state index in [-0.39, 0.29) is 18.7 Å². The number of fused-ring (bicyclic) bond motifs is 1. The Morgan fingerprint density at radius 1 is 1.00 bits per heavy atom. The molecule has 0 bridgehead atoms. The van der Waals surface area contributed by atoms with E-state index in [1.807, 2.05) is 42.6 Å². The molecule has 0 aliphatic heterocycles. The standard InChI is InChI=1S/C31H31F2N5O2/c1-2-19-6-5-7-20(10-19)16-35-18-30(26(34)13-21-11-22(32)14-23(33)12-21)40-31(39)29-15-28(37-38-29)25-17-36-27-9-4-3-8-24(25)27/h3-12,14-15,17,26,30,35-36H,2,13,16,18,34H2,1H3,(H,37,38). The molecule has 40 heavy (non-hydrogen) atoms. The SMILES string of the molecule is CCc1cccc(CNCC(OC(=O)c2cc(-c3c[nH]c4ccccc34)n[nH]2)C(N)Cc2cc(F)cc(F)c2)c1. The van der Waals surface area contributed by atoms with Crippen molar-refractivity contribution in [1.82, 2.24) is 20.5 Å². The number of aromatic nitrogens is 3. The molecule has 0 spiro atoms. The van der Waals surface area contributed by atoms with E-state index in [2.05, 4.69) is 39.6 Å². The second kappa shape index (κ2) is 12.2. The van der Waals surface area contributed by atoms with E-state index in [4.69, 9.17) is 10.5 Å². The second-order valence-corrected chi connectivity index (χ2v) is 9.81. The van der Waals surface area contributed by atoms with Crippen molar-refractivity contribution in [2.75, 3.05) is 6.54 Å². The van der Waals surface area contributed by atoms with Crippen molar-refractivity contribution in [3.63, 3.8) is 0 Å². The molecule has 2 unspecified atom stereocenters. The third kappa shape index (κ3) is 6.44. The first-order valence-electron chi connectivity index (χ1n) is 13.2. The summed E-state index contributed by atoms with van der Waals surface area (Å²) in [6.07, 6.45) is 2.09. The van der Waals surface area contributed by atoms with E-state index in [1.165, 1.54) is 17.7 Å². The third-order valence-corrected chi connectivity index (χ3v) is 6.87. The van der Waals surface area contributed by atoms with Gasteiger partial charge in [-0.05, 0) is 53.8 Å². The lowest BCUT2D eigenvalue weighted by molar-refractivity contribution is 0.0231. The molecule has 2 heterocycles. The van der Waals surface area contributed by atoms with E-state index in [1.54, 1.807) is 6.07 Å². The van der Waals surface area contributed by atoms with Gasteiger partial charge in [0.2, 0.25) is 0 Å². The molecule has 2 aromatic heterocycles. The maximum Gasteiger partial charge on any atom is 0.356 e. The highest BCUT2D eigenvalue weighted by Crippen LogP contribution is 2.27. The first kappa shape index (κ1) is 27.2. The number of carbonyl (C=O) groups is 1. The zero-order valence-electron chi connectivity index (χ0n) is 22.1. The van der Waals surface area contributed by atoms with Crippen LogP contribution in [0.25, 0.3) is 22.2 Å². The van der Waals surface area contributed by atoms with Crippen molar-refractivity contribution in [3.8, 4) is 11.3 Å². The topological polar surface area (TPSA) is 109 Å². The maximum absolute atomic E-state index is 13.8. The molecule has 3 aromatic carbocycles. The highest BCUT2D eigenvalue weighted by Gasteiger charge is 2.25. The van der Waals surface area contributed by atoms with Crippen LogP contribution >= 0.6 is 0 Å². The predicted molar refractivity (Wildman–Crippen MR) is 151 cm³/mol. The van der Waals surface area contributed by atoms with Crippen LogP contribution in [0.15, 0.2) is 79.0 Å². The van der Waals surface area contributed by atoms with Crippen molar-refractivity contribution >= 4 is 16.9 Å². The molecule has 5 N–H and O–H groups in total. The number of halogens is 2. The van der Waals surface area contributed by atoms with Gasteiger partial charge in [-0.3, -0.25) is 5.10 Å². The van der Waals surface area contributed by atoms with Gasteiger partial charge in [-0.1, -0.05) is 49.4 Å². The van der Waals surface area contributed by atoms with Crippen molar-refractivity contribution in [3.05, 3.63) is 113 Å². The Morgan fingerprint density at radius 2 is 1.77 bits per heavy atom. The summed E-state index contributed by atoms with van der Waals surface area (Å²) in [4.78, 5) is 16.4. The van der Waals surface area contributed by atoms with Crippen LogP contribution in [0.2, 0.25) is 0 Å². The van der Waals surface area contributed by atoms with Crippen LogP contribution in [0.5, 0.6) is 0 Å². The van der Waals surface area contributed by atoms with Crippen molar-refractivity contribution in [1.29, 1.82) is 0 Å². The zero-order valence-corrected chi connectivity index (χ0v) is 22.1. The summed E-state index contributed by atoms with van der Waals surface area (Å²) in [5.41, 5.74) is 11.7. The molecule has 0 saturated heterocycles. The molecule has 0 fully saturated rings. The molecule has 0 radical (unpaired) electrons. The Balaban J connectivity index is 1.31. The number of aryl methyl sites for hydroxylation is 1. The lowest BCUT2D eigenvalue weighted by atomic mass is 10.0. The number of benzene rings is 3. The smallest absolute Gasteiger partial charge is 0.356 e. The number of carbonyl (C=O) groups excluding carboxylic acids is 1. The largest absolute Gasteiger partial charge is 0.455 e. The van der Waals surface area contributed by atoms with Crippen LogP contribution in [0.3, 0.4) is 0 Å². The Labute approximate surface area is 230 Å². The van der Waals surface area contributed by atoms with E-state index in [9.17, 15) is 13.6 Å². The molecular formula is C31H31F2N5O2. The zero-order chi connectivity index (χ0) is 28.1. The minimum Gasteiger partial charge on any atom is -0.455 e. The number of para-hydroxylation sites is 1. The van der Waals surface area contributed by atoms with Crippen LogP contribution in [0, 0.1) is 11.6 Å². The Bertz CT molecular complexity index is 1590. The predicted octanol–water partition coefficient (Wildman–Crippen LogP) is 5.28. The van der Waals surface area contributed by atoms with Crippen molar-refractivity contribution < 1.29 is 18.3 Å². The van der Waals surface area contributed by atoms with Crippen LogP contribution in [-0.4, -0.2) is 39.8 Å². The van der Waals surface area contributed by atoms with Gasteiger partial charge in [-0.15, -0.1) is 0 Å². The number of nitrogens with one attached hydrogen (secondary N) is 3. The molecule has 0 saturated carbocycles. The molecule has 0 aliphatic carbocycles. The number of hydrogen-bond acceptors (Lipinski definition) is 5. The molecule has 7 nitrogen and oxygen atoms in total. The molecule has 0 amide bonds. The summed E-state index contributed by atoms with van der Waals surface area (Å²) in [6.45, 7) is 2.87. The van der Waals surface area contributed by atoms with Gasteiger partial charge < -0.3 is 20.8 Å². The average Bonchev–Trinajstić information content (AvgIpc) is 3.59. The van der Waals surface area contributed by atoms with Gasteiger partial charge in [0.25, 0.3) is 0 Å². The van der Waals surface area contributed by atoms with Crippen LogP contribution < -0.4 is 11.1 Å². The molecular weight excluding hydrogens is 512 g/mol. The number of hydrogen-bond donors (Lipinski definition) is 4. The number of nitrogens with zero attached hydrogens (tertiary/aromatic N) is 1. The quantitative estimate of drug-likeness (QED) is 0.170.